The van der Waals surface area contributed by atoms with Gasteiger partial charge in [0.15, 0.2) is 5.13 Å². The molecule has 1 N–H and O–H groups in total. The molecule has 3 aromatic carbocycles. The standard InChI is InChI=1S/C28H20FN3OS/c29-23-14-10-20(11-15-23)7-6-19-8-12-22(13-9-19)27-25(16-30)32(26(27)17-33)28-31-24(18-34-28)21-4-2-1-3-5-21/h1-5,8-15,18,25-27,33H,17H2/t25-,26+,27+/m1/s1. The zero-order valence-electron chi connectivity index (χ0n) is 18.1. The summed E-state index contributed by atoms with van der Waals surface area (Å²) in [6, 6.07) is 25.5. The number of hydrogen-bond acceptors (Lipinski definition) is 5. The topological polar surface area (TPSA) is 60.1 Å². The Morgan fingerprint density at radius 1 is 0.941 bits per heavy atom. The smallest absolute Gasteiger partial charge is 0.187 e. The third-order valence-electron chi connectivity index (χ3n) is 6.00. The maximum atomic E-state index is 13.1. The van der Waals surface area contributed by atoms with E-state index in [4.69, 9.17) is 4.98 Å². The lowest BCUT2D eigenvalue weighted by atomic mass is 9.76. The third kappa shape index (κ3) is 4.18. The molecular weight excluding hydrogens is 445 g/mol. The van der Waals surface area contributed by atoms with E-state index in [1.807, 2.05) is 64.9 Å². The lowest BCUT2D eigenvalue weighted by molar-refractivity contribution is 0.187. The molecule has 2 heterocycles. The van der Waals surface area contributed by atoms with E-state index in [0.717, 1.165) is 33.1 Å². The number of hydrogen-bond donors (Lipinski definition) is 1. The highest BCUT2D eigenvalue weighted by atomic mass is 32.1. The van der Waals surface area contributed by atoms with Crippen LogP contribution in [0, 0.1) is 29.0 Å². The minimum Gasteiger partial charge on any atom is -0.394 e. The van der Waals surface area contributed by atoms with Gasteiger partial charge < -0.3 is 10.0 Å². The van der Waals surface area contributed by atoms with Gasteiger partial charge in [-0.05, 0) is 42.0 Å². The molecule has 34 heavy (non-hydrogen) atoms. The van der Waals surface area contributed by atoms with Crippen LogP contribution < -0.4 is 4.90 Å². The van der Waals surface area contributed by atoms with Gasteiger partial charge in [0.1, 0.15) is 11.9 Å². The number of nitrogens with zero attached hydrogens (tertiary/aromatic N) is 3. The van der Waals surface area contributed by atoms with Gasteiger partial charge in [0.25, 0.3) is 0 Å². The van der Waals surface area contributed by atoms with Crippen LogP contribution in [0.5, 0.6) is 0 Å². The van der Waals surface area contributed by atoms with E-state index in [0.29, 0.717) is 0 Å². The molecule has 0 radical (unpaired) electrons. The van der Waals surface area contributed by atoms with Crippen LogP contribution in [-0.4, -0.2) is 28.8 Å². The normalized spacial score (nSPS) is 19.0. The average Bonchev–Trinajstić information content (AvgIpc) is 3.34. The molecule has 1 aromatic heterocycles. The molecule has 3 atom stereocenters. The van der Waals surface area contributed by atoms with Gasteiger partial charge >= 0.3 is 0 Å². The minimum absolute atomic E-state index is 0.0742. The Hall–Kier alpha value is -3.97. The molecule has 0 aliphatic carbocycles. The van der Waals surface area contributed by atoms with E-state index in [9.17, 15) is 14.8 Å². The fourth-order valence-corrected chi connectivity index (χ4v) is 5.19. The zero-order chi connectivity index (χ0) is 23.5. The second-order valence-electron chi connectivity index (χ2n) is 8.02. The van der Waals surface area contributed by atoms with Crippen LogP contribution in [0.4, 0.5) is 9.52 Å². The van der Waals surface area contributed by atoms with Gasteiger partial charge in [-0.1, -0.05) is 54.3 Å². The quantitative estimate of drug-likeness (QED) is 0.421. The average molecular weight is 466 g/mol. The SMILES string of the molecule is N#C[C@@H]1[C@H](c2ccc(C#Cc3ccc(F)cc3)cc2)[C@H](CO)N1c1nc(-c2ccccc2)cs1. The van der Waals surface area contributed by atoms with E-state index >= 15 is 0 Å². The first-order valence-corrected chi connectivity index (χ1v) is 11.7. The van der Waals surface area contributed by atoms with Gasteiger partial charge in [0.2, 0.25) is 0 Å². The summed E-state index contributed by atoms with van der Waals surface area (Å²) in [4.78, 5) is 6.66. The monoisotopic (exact) mass is 465 g/mol. The number of thiazole rings is 1. The highest BCUT2D eigenvalue weighted by Crippen LogP contribution is 2.45. The molecule has 1 saturated heterocycles. The van der Waals surface area contributed by atoms with Crippen LogP contribution in [0.15, 0.2) is 84.2 Å². The Kier molecular flexibility index (Phi) is 6.10. The number of benzene rings is 3. The van der Waals surface area contributed by atoms with Gasteiger partial charge in [-0.2, -0.15) is 5.26 Å². The molecule has 0 amide bonds. The van der Waals surface area contributed by atoms with E-state index in [2.05, 4.69) is 17.9 Å². The van der Waals surface area contributed by atoms with Gasteiger partial charge in [0, 0.05) is 28.0 Å². The Labute approximate surface area is 201 Å². The number of aliphatic hydroxyl groups is 1. The predicted octanol–water partition coefficient (Wildman–Crippen LogP) is 5.21. The molecule has 0 unspecified atom stereocenters. The highest BCUT2D eigenvalue weighted by Gasteiger charge is 2.50. The molecule has 1 aliphatic rings. The van der Waals surface area contributed by atoms with Crippen molar-refractivity contribution >= 4 is 16.5 Å². The van der Waals surface area contributed by atoms with Gasteiger partial charge in [0.05, 0.1) is 24.4 Å². The largest absolute Gasteiger partial charge is 0.394 e. The summed E-state index contributed by atoms with van der Waals surface area (Å²) >= 11 is 1.48. The fourth-order valence-electron chi connectivity index (χ4n) is 4.26. The van der Waals surface area contributed by atoms with Crippen molar-refractivity contribution in [1.82, 2.24) is 4.98 Å². The Balaban J connectivity index is 1.35. The van der Waals surface area contributed by atoms with E-state index < -0.39 is 6.04 Å². The zero-order valence-corrected chi connectivity index (χ0v) is 18.9. The van der Waals surface area contributed by atoms with Gasteiger partial charge in [-0.25, -0.2) is 9.37 Å². The van der Waals surface area contributed by atoms with Gasteiger partial charge in [-0.3, -0.25) is 0 Å². The molecule has 1 aliphatic heterocycles. The molecule has 1 fully saturated rings. The first-order chi connectivity index (χ1) is 16.7. The summed E-state index contributed by atoms with van der Waals surface area (Å²) in [6.45, 7) is -0.0742. The summed E-state index contributed by atoms with van der Waals surface area (Å²) in [5.74, 6) is 5.69. The number of halogens is 1. The Bertz CT molecular complexity index is 1380. The van der Waals surface area contributed by atoms with Crippen molar-refractivity contribution < 1.29 is 9.50 Å². The Morgan fingerprint density at radius 3 is 2.21 bits per heavy atom. The summed E-state index contributed by atoms with van der Waals surface area (Å²) in [5.41, 5.74) is 4.43. The molecule has 6 heteroatoms. The van der Waals surface area contributed by atoms with Crippen LogP contribution in [0.2, 0.25) is 0 Å². The van der Waals surface area contributed by atoms with E-state index in [1.54, 1.807) is 12.1 Å². The van der Waals surface area contributed by atoms with Crippen LogP contribution in [0.1, 0.15) is 22.6 Å². The lowest BCUT2D eigenvalue weighted by Crippen LogP contribution is -2.63. The van der Waals surface area contributed by atoms with Gasteiger partial charge in [-0.15, -0.1) is 11.3 Å². The fraction of sp³-hybridized carbons (Fsp3) is 0.143. The molecule has 4 aromatic rings. The second kappa shape index (κ2) is 9.49. The number of aromatic nitrogens is 1. The van der Waals surface area contributed by atoms with E-state index in [-0.39, 0.29) is 24.4 Å². The maximum Gasteiger partial charge on any atom is 0.187 e. The third-order valence-corrected chi connectivity index (χ3v) is 6.86. The summed E-state index contributed by atoms with van der Waals surface area (Å²) < 4.78 is 13.1. The first-order valence-electron chi connectivity index (χ1n) is 10.9. The second-order valence-corrected chi connectivity index (χ2v) is 8.85. The molecule has 0 bridgehead atoms. The van der Waals surface area contributed by atoms with Crippen molar-refractivity contribution in [2.24, 2.45) is 0 Å². The number of aliphatic hydroxyl groups excluding tert-OH is 1. The Morgan fingerprint density at radius 2 is 1.59 bits per heavy atom. The van der Waals surface area contributed by atoms with Crippen LogP contribution in [-0.2, 0) is 0 Å². The highest BCUT2D eigenvalue weighted by molar-refractivity contribution is 7.14. The van der Waals surface area contributed by atoms with Crippen LogP contribution in [0.25, 0.3) is 11.3 Å². The molecule has 166 valence electrons. The molecule has 0 spiro atoms. The van der Waals surface area contributed by atoms with Crippen molar-refractivity contribution in [3.63, 3.8) is 0 Å². The van der Waals surface area contributed by atoms with Crippen molar-refractivity contribution in [2.75, 3.05) is 11.5 Å². The lowest BCUT2D eigenvalue weighted by Gasteiger charge is -2.51. The van der Waals surface area contributed by atoms with Crippen molar-refractivity contribution in [2.45, 2.75) is 18.0 Å². The number of rotatable bonds is 4. The molecule has 5 rings (SSSR count). The summed E-state index contributed by atoms with van der Waals surface area (Å²) in [6.07, 6.45) is 0. The minimum atomic E-state index is -0.414. The van der Waals surface area contributed by atoms with Crippen LogP contribution >= 0.6 is 11.3 Å². The number of nitriles is 1. The maximum absolute atomic E-state index is 13.1. The van der Waals surface area contributed by atoms with Crippen molar-refractivity contribution in [3.05, 3.63) is 107 Å². The van der Waals surface area contributed by atoms with Crippen LogP contribution in [0.3, 0.4) is 0 Å². The molecule has 4 nitrogen and oxygen atoms in total. The number of anilines is 1. The summed E-state index contributed by atoms with van der Waals surface area (Å²) in [5, 5.41) is 22.8. The summed E-state index contributed by atoms with van der Waals surface area (Å²) in [7, 11) is 0. The van der Waals surface area contributed by atoms with Crippen molar-refractivity contribution in [3.8, 4) is 29.2 Å². The molecular formula is C28H20FN3OS. The molecule has 0 saturated carbocycles. The first kappa shape index (κ1) is 21.9. The van der Waals surface area contributed by atoms with E-state index in [1.165, 1.54) is 23.5 Å². The van der Waals surface area contributed by atoms with Crippen molar-refractivity contribution in [1.29, 1.82) is 5.26 Å². The predicted molar refractivity (Wildman–Crippen MR) is 132 cm³/mol.